The first kappa shape index (κ1) is 24.4. The van der Waals surface area contributed by atoms with E-state index in [0.29, 0.717) is 35.5 Å². The van der Waals surface area contributed by atoms with Crippen LogP contribution in [0.4, 0.5) is 11.4 Å². The molecule has 1 aliphatic heterocycles. The average molecular weight is 500 g/mol. The van der Waals surface area contributed by atoms with Gasteiger partial charge in [0.25, 0.3) is 5.91 Å². The number of guanidine groups is 1. The van der Waals surface area contributed by atoms with Gasteiger partial charge in [0.1, 0.15) is 11.4 Å². The van der Waals surface area contributed by atoms with Crippen molar-refractivity contribution in [3.63, 3.8) is 0 Å². The van der Waals surface area contributed by atoms with Crippen LogP contribution in [0.25, 0.3) is 21.8 Å². The highest BCUT2D eigenvalue weighted by Crippen LogP contribution is 2.30. The number of fused-ring (bicyclic) bond motifs is 3. The number of carbonyl (C=O) groups is 1. The average Bonchev–Trinajstić information content (AvgIpc) is 2.93. The number of hydrogen-bond acceptors (Lipinski definition) is 9. The van der Waals surface area contributed by atoms with Crippen LogP contribution in [0.2, 0.25) is 0 Å². The van der Waals surface area contributed by atoms with Crippen LogP contribution in [0.1, 0.15) is 23.2 Å². The third-order valence-electron chi connectivity index (χ3n) is 6.14. The van der Waals surface area contributed by atoms with Gasteiger partial charge in [-0.25, -0.2) is 4.98 Å². The molecule has 37 heavy (non-hydrogen) atoms. The number of benzene rings is 3. The maximum atomic E-state index is 12.8. The van der Waals surface area contributed by atoms with E-state index in [4.69, 9.17) is 4.98 Å². The van der Waals surface area contributed by atoms with E-state index in [1.54, 1.807) is 24.3 Å². The van der Waals surface area contributed by atoms with Crippen molar-refractivity contribution in [2.75, 3.05) is 36.4 Å². The third kappa shape index (κ3) is 5.46. The molecule has 3 aromatic carbocycles. The minimum Gasteiger partial charge on any atom is -0.353 e. The molecule has 0 bridgehead atoms. The Bertz CT molecular complexity index is 1440. The zero-order valence-electron chi connectivity index (χ0n) is 20.3. The van der Waals surface area contributed by atoms with Crippen molar-refractivity contribution in [2.45, 2.75) is 12.8 Å². The molecule has 1 amide bonds. The van der Waals surface area contributed by atoms with Gasteiger partial charge in [-0.3, -0.25) is 15.2 Å². The quantitative estimate of drug-likeness (QED) is 0.175. The Balaban J connectivity index is 1.02. The van der Waals surface area contributed by atoms with E-state index in [1.165, 1.54) is 0 Å². The smallest absolute Gasteiger partial charge is 0.253 e. The predicted octanol–water partition coefficient (Wildman–Crippen LogP) is 3.45. The van der Waals surface area contributed by atoms with Crippen molar-refractivity contribution in [1.29, 1.82) is 0 Å². The highest BCUT2D eigenvalue weighted by Gasteiger charge is 2.23. The summed E-state index contributed by atoms with van der Waals surface area (Å²) >= 11 is 0. The van der Waals surface area contributed by atoms with E-state index in [-0.39, 0.29) is 11.9 Å². The van der Waals surface area contributed by atoms with Crippen molar-refractivity contribution < 1.29 is 15.2 Å². The summed E-state index contributed by atoms with van der Waals surface area (Å²) in [6.07, 6.45) is 1.57. The zero-order chi connectivity index (χ0) is 25.6. The highest BCUT2D eigenvalue weighted by atomic mass is 16.5. The fourth-order valence-electron chi connectivity index (χ4n) is 4.26. The Kier molecular flexibility index (Phi) is 7.41. The molecule has 0 saturated heterocycles. The van der Waals surface area contributed by atoms with Gasteiger partial charge in [-0.1, -0.05) is 42.5 Å². The second-order valence-electron chi connectivity index (χ2n) is 8.71. The monoisotopic (exact) mass is 499 g/mol. The molecule has 1 aliphatic rings. The zero-order valence-corrected chi connectivity index (χ0v) is 20.3. The predicted molar refractivity (Wildman–Crippen MR) is 144 cm³/mol. The molecule has 0 spiro atoms. The molecule has 0 unspecified atom stereocenters. The molecule has 190 valence electrons. The number of aromatic nitrogens is 1. The van der Waals surface area contributed by atoms with Crippen molar-refractivity contribution >= 4 is 45.0 Å². The molecule has 1 aromatic heterocycles. The Morgan fingerprint density at radius 3 is 2.41 bits per heavy atom. The van der Waals surface area contributed by atoms with Gasteiger partial charge < -0.3 is 16.0 Å². The lowest BCUT2D eigenvalue weighted by atomic mass is 10.1. The largest absolute Gasteiger partial charge is 0.353 e. The molecule has 2 heterocycles. The van der Waals surface area contributed by atoms with E-state index in [9.17, 15) is 15.2 Å². The maximum Gasteiger partial charge on any atom is 0.253 e. The summed E-state index contributed by atoms with van der Waals surface area (Å²) in [5.41, 5.74) is 3.00. The normalized spacial score (nSPS) is 13.0. The summed E-state index contributed by atoms with van der Waals surface area (Å²) < 4.78 is 0. The minimum absolute atomic E-state index is 0.126. The van der Waals surface area contributed by atoms with Crippen LogP contribution < -0.4 is 26.2 Å². The molecule has 0 saturated carbocycles. The standard InChI is InChI=1S/C27H29N7O3/c35-26(21-10-5-9-20-18-19-8-1-2-11-22(19)31-25(20)21)29-16-6-14-28-15-7-17-30-27-32-34(37)24-13-4-3-12-23(24)33(27)36/h1-5,8-13,18,28,36-37H,6-7,14-17H2,(H,29,35)(H,30,32). The minimum atomic E-state index is -0.126. The molecule has 0 radical (unpaired) electrons. The number of nitrogens with one attached hydrogen (secondary N) is 3. The van der Waals surface area contributed by atoms with Crippen molar-refractivity contribution in [3.05, 3.63) is 78.4 Å². The number of hydroxylamine groups is 1. The molecule has 10 nitrogen and oxygen atoms in total. The molecular weight excluding hydrogens is 470 g/mol. The lowest BCUT2D eigenvalue weighted by Gasteiger charge is -2.29. The maximum absolute atomic E-state index is 12.8. The van der Waals surface area contributed by atoms with Gasteiger partial charge in [0, 0.05) is 23.9 Å². The molecule has 5 rings (SSSR count). The van der Waals surface area contributed by atoms with Crippen molar-refractivity contribution in [1.82, 2.24) is 20.9 Å². The Labute approximate surface area is 214 Å². The number of amides is 1. The van der Waals surface area contributed by atoms with Gasteiger partial charge in [0.15, 0.2) is 0 Å². The number of anilines is 2. The van der Waals surface area contributed by atoms with Crippen LogP contribution >= 0.6 is 0 Å². The van der Waals surface area contributed by atoms with E-state index in [0.717, 1.165) is 52.5 Å². The van der Waals surface area contributed by atoms with Crippen LogP contribution in [0.3, 0.4) is 0 Å². The Hall–Kier alpha value is -4.25. The van der Waals surface area contributed by atoms with Crippen LogP contribution in [-0.2, 0) is 0 Å². The fraction of sp³-hybridized carbons (Fsp3) is 0.222. The van der Waals surface area contributed by atoms with Crippen molar-refractivity contribution in [3.8, 4) is 0 Å². The van der Waals surface area contributed by atoms with Gasteiger partial charge in [-0.05, 0) is 56.3 Å². The first-order valence-corrected chi connectivity index (χ1v) is 12.3. The summed E-state index contributed by atoms with van der Waals surface area (Å²) in [6, 6.07) is 22.5. The number of rotatable bonds is 9. The van der Waals surface area contributed by atoms with Gasteiger partial charge in [-0.2, -0.15) is 5.06 Å². The number of pyridine rings is 1. The highest BCUT2D eigenvalue weighted by molar-refractivity contribution is 6.07. The summed E-state index contributed by atoms with van der Waals surface area (Å²) in [5.74, 6) is 0.0266. The summed E-state index contributed by atoms with van der Waals surface area (Å²) in [6.45, 7) is 2.61. The van der Waals surface area contributed by atoms with E-state index >= 15 is 0 Å². The number of carbonyl (C=O) groups excluding carboxylic acids is 1. The molecule has 0 atom stereocenters. The summed E-state index contributed by atoms with van der Waals surface area (Å²) in [4.78, 5) is 17.5. The molecule has 0 fully saturated rings. The first-order chi connectivity index (χ1) is 18.1. The van der Waals surface area contributed by atoms with Gasteiger partial charge in [0.2, 0.25) is 5.96 Å². The number of para-hydroxylation sites is 4. The van der Waals surface area contributed by atoms with Gasteiger partial charge in [0.05, 0.1) is 16.6 Å². The molecule has 4 aromatic rings. The first-order valence-electron chi connectivity index (χ1n) is 12.3. The number of hydrogen-bond donors (Lipinski definition) is 5. The van der Waals surface area contributed by atoms with E-state index in [1.807, 2.05) is 42.5 Å². The summed E-state index contributed by atoms with van der Waals surface area (Å²) in [7, 11) is 0. The van der Waals surface area contributed by atoms with Crippen LogP contribution in [-0.4, -0.2) is 53.4 Å². The third-order valence-corrected chi connectivity index (χ3v) is 6.14. The Morgan fingerprint density at radius 1 is 0.811 bits per heavy atom. The van der Waals surface area contributed by atoms with Crippen LogP contribution in [0.15, 0.2) is 77.9 Å². The lowest BCUT2D eigenvalue weighted by molar-refractivity contribution is 0.0954. The number of nitrogens with zero attached hydrogens (tertiary/aromatic N) is 4. The number of hydrazone groups is 1. The second-order valence-corrected chi connectivity index (χ2v) is 8.71. The van der Waals surface area contributed by atoms with Crippen molar-refractivity contribution in [2.24, 2.45) is 5.10 Å². The molecule has 0 aliphatic carbocycles. The van der Waals surface area contributed by atoms with E-state index in [2.05, 4.69) is 27.1 Å². The van der Waals surface area contributed by atoms with Crippen LogP contribution in [0, 0.1) is 0 Å². The fourth-order valence-corrected chi connectivity index (χ4v) is 4.26. The molecule has 10 heteroatoms. The summed E-state index contributed by atoms with van der Waals surface area (Å²) in [5, 5.41) is 37.3. The lowest BCUT2D eigenvalue weighted by Crippen LogP contribution is -2.45. The SMILES string of the molecule is O=C(NCCCNCCCNC1=NN(O)c2ccccc2N1O)c1cccc2cc3ccccc3nc12. The topological polar surface area (TPSA) is 125 Å². The molecule has 5 N–H and O–H groups in total. The van der Waals surface area contributed by atoms with Crippen LogP contribution in [0.5, 0.6) is 0 Å². The van der Waals surface area contributed by atoms with Gasteiger partial charge >= 0.3 is 0 Å². The second kappa shape index (κ2) is 11.2. The Morgan fingerprint density at radius 2 is 1.54 bits per heavy atom. The molecular formula is C27H29N7O3. The van der Waals surface area contributed by atoms with E-state index < -0.39 is 0 Å². The van der Waals surface area contributed by atoms with Gasteiger partial charge in [-0.15, -0.1) is 10.3 Å².